The fourth-order valence-corrected chi connectivity index (χ4v) is 3.11. The molecule has 0 aliphatic carbocycles. The van der Waals surface area contributed by atoms with Crippen LogP contribution in [0, 0.1) is 11.6 Å². The van der Waals surface area contributed by atoms with Gasteiger partial charge in [-0.1, -0.05) is 12.1 Å². The van der Waals surface area contributed by atoms with Gasteiger partial charge in [0.05, 0.1) is 25.5 Å². The molecular formula is C25H23F2NO6. The smallest absolute Gasteiger partial charge is 0.338 e. The Labute approximate surface area is 195 Å². The number of benzene rings is 3. The minimum Gasteiger partial charge on any atom is -0.495 e. The predicted octanol–water partition coefficient (Wildman–Crippen LogP) is 4.92. The van der Waals surface area contributed by atoms with Crippen LogP contribution < -0.4 is 19.5 Å². The lowest BCUT2D eigenvalue weighted by atomic mass is 10.1. The summed E-state index contributed by atoms with van der Waals surface area (Å²) in [6.45, 7) is 1.16. The molecule has 1 amide bonds. The highest BCUT2D eigenvalue weighted by Crippen LogP contribution is 2.30. The zero-order valence-electron chi connectivity index (χ0n) is 18.8. The number of nitrogens with one attached hydrogen (secondary N) is 1. The molecule has 1 N–H and O–H groups in total. The Morgan fingerprint density at radius 3 is 2.35 bits per heavy atom. The Hall–Kier alpha value is -4.14. The number of hydrogen-bond donors (Lipinski definition) is 1. The number of esters is 1. The van der Waals surface area contributed by atoms with Crippen LogP contribution in [0.15, 0.2) is 60.7 Å². The van der Waals surface area contributed by atoms with Crippen molar-refractivity contribution in [3.8, 4) is 17.2 Å². The number of amides is 1. The van der Waals surface area contributed by atoms with E-state index < -0.39 is 29.6 Å². The Morgan fingerprint density at radius 1 is 0.912 bits per heavy atom. The molecule has 0 aromatic heterocycles. The van der Waals surface area contributed by atoms with Gasteiger partial charge >= 0.3 is 5.97 Å². The van der Waals surface area contributed by atoms with E-state index in [1.165, 1.54) is 45.4 Å². The molecule has 0 radical (unpaired) electrons. The number of rotatable bonds is 9. The molecule has 0 saturated heterocycles. The van der Waals surface area contributed by atoms with Crippen molar-refractivity contribution in [2.24, 2.45) is 0 Å². The van der Waals surface area contributed by atoms with Gasteiger partial charge in [-0.25, -0.2) is 13.6 Å². The van der Waals surface area contributed by atoms with Crippen molar-refractivity contribution in [3.05, 3.63) is 83.4 Å². The summed E-state index contributed by atoms with van der Waals surface area (Å²) in [5.41, 5.74) is 0.662. The Bertz CT molecular complexity index is 1180. The van der Waals surface area contributed by atoms with Crippen LogP contribution >= 0.6 is 0 Å². The van der Waals surface area contributed by atoms with E-state index in [1.807, 2.05) is 0 Å². The van der Waals surface area contributed by atoms with Gasteiger partial charge in [0.25, 0.3) is 5.91 Å². The molecule has 0 spiro atoms. The van der Waals surface area contributed by atoms with Gasteiger partial charge in [0.2, 0.25) is 0 Å². The van der Waals surface area contributed by atoms with Gasteiger partial charge in [0.1, 0.15) is 23.5 Å². The van der Waals surface area contributed by atoms with E-state index in [2.05, 4.69) is 5.32 Å². The minimum absolute atomic E-state index is 0.0442. The maximum atomic E-state index is 13.9. The Balaban J connectivity index is 1.64. The minimum atomic E-state index is -0.950. The van der Waals surface area contributed by atoms with Crippen LogP contribution in [0.25, 0.3) is 0 Å². The summed E-state index contributed by atoms with van der Waals surface area (Å²) in [6.07, 6.45) is -0.950. The van der Waals surface area contributed by atoms with Crippen molar-refractivity contribution in [2.45, 2.75) is 13.0 Å². The first kappa shape index (κ1) is 24.5. The van der Waals surface area contributed by atoms with E-state index in [0.717, 1.165) is 12.1 Å². The fourth-order valence-electron chi connectivity index (χ4n) is 3.11. The number of anilines is 1. The molecule has 3 aromatic carbocycles. The van der Waals surface area contributed by atoms with Crippen LogP contribution in [-0.2, 0) is 9.53 Å². The fraction of sp³-hybridized carbons (Fsp3) is 0.200. The summed E-state index contributed by atoms with van der Waals surface area (Å²) >= 11 is 0. The van der Waals surface area contributed by atoms with Gasteiger partial charge in [0, 0.05) is 11.6 Å². The first-order valence-corrected chi connectivity index (χ1v) is 10.2. The lowest BCUT2D eigenvalue weighted by molar-refractivity contribution is -0.118. The monoisotopic (exact) mass is 471 g/mol. The van der Waals surface area contributed by atoms with Crippen molar-refractivity contribution < 1.29 is 37.3 Å². The third kappa shape index (κ3) is 6.00. The topological polar surface area (TPSA) is 83.1 Å². The first-order valence-electron chi connectivity index (χ1n) is 10.2. The number of carbonyl (C=O) groups is 2. The summed E-state index contributed by atoms with van der Waals surface area (Å²) < 4.78 is 48.3. The molecule has 7 nitrogen and oxygen atoms in total. The van der Waals surface area contributed by atoms with Crippen molar-refractivity contribution in [3.63, 3.8) is 0 Å². The van der Waals surface area contributed by atoms with Crippen LogP contribution in [-0.4, -0.2) is 32.7 Å². The quantitative estimate of drug-likeness (QED) is 0.446. The molecule has 0 saturated carbocycles. The maximum Gasteiger partial charge on any atom is 0.338 e. The average molecular weight is 471 g/mol. The van der Waals surface area contributed by atoms with Crippen molar-refractivity contribution in [1.29, 1.82) is 0 Å². The van der Waals surface area contributed by atoms with Crippen LogP contribution in [0.5, 0.6) is 17.2 Å². The number of para-hydroxylation sites is 2. The molecular weight excluding hydrogens is 448 g/mol. The van der Waals surface area contributed by atoms with Crippen LogP contribution in [0.2, 0.25) is 0 Å². The summed E-state index contributed by atoms with van der Waals surface area (Å²) in [5.74, 6) is -1.78. The van der Waals surface area contributed by atoms with Crippen molar-refractivity contribution in [1.82, 2.24) is 0 Å². The molecule has 34 heavy (non-hydrogen) atoms. The second-order valence-corrected chi connectivity index (χ2v) is 7.12. The molecule has 0 fully saturated rings. The maximum absolute atomic E-state index is 13.9. The number of ether oxygens (including phenoxy) is 4. The molecule has 0 aliphatic rings. The highest BCUT2D eigenvalue weighted by atomic mass is 19.1. The Kier molecular flexibility index (Phi) is 8.02. The van der Waals surface area contributed by atoms with E-state index in [9.17, 15) is 18.4 Å². The molecule has 1 unspecified atom stereocenters. The highest BCUT2D eigenvalue weighted by molar-refractivity contribution is 5.93. The molecule has 3 rings (SSSR count). The molecule has 0 aliphatic heterocycles. The van der Waals surface area contributed by atoms with Gasteiger partial charge in [-0.05, 0) is 49.4 Å². The molecule has 1 atom stereocenters. The van der Waals surface area contributed by atoms with Gasteiger partial charge in [-0.2, -0.15) is 0 Å². The molecule has 0 bridgehead atoms. The average Bonchev–Trinajstić information content (AvgIpc) is 2.82. The number of hydrogen-bond acceptors (Lipinski definition) is 6. The normalized spacial score (nSPS) is 11.3. The number of halogens is 2. The Morgan fingerprint density at radius 2 is 1.65 bits per heavy atom. The zero-order chi connectivity index (χ0) is 24.7. The van der Waals surface area contributed by atoms with Gasteiger partial charge in [-0.3, -0.25) is 4.79 Å². The van der Waals surface area contributed by atoms with E-state index >= 15 is 0 Å². The van der Waals surface area contributed by atoms with Crippen molar-refractivity contribution in [2.75, 3.05) is 26.1 Å². The standard InChI is InChI=1S/C25H23F2NO6/c1-15(18-10-9-17(26)13-19(18)27)34-25(30)16-8-11-22(23(12-16)32-3)33-14-24(29)28-20-6-4-5-7-21(20)31-2/h4-13,15H,14H2,1-3H3,(H,28,29). The van der Waals surface area contributed by atoms with Crippen LogP contribution in [0.4, 0.5) is 14.5 Å². The van der Waals surface area contributed by atoms with Gasteiger partial charge < -0.3 is 24.3 Å². The van der Waals surface area contributed by atoms with E-state index in [0.29, 0.717) is 11.4 Å². The van der Waals surface area contributed by atoms with E-state index in [4.69, 9.17) is 18.9 Å². The zero-order valence-corrected chi connectivity index (χ0v) is 18.8. The SMILES string of the molecule is COc1ccccc1NC(=O)COc1ccc(C(=O)OC(C)c2ccc(F)cc2F)cc1OC. The number of carbonyl (C=O) groups excluding carboxylic acids is 2. The first-order chi connectivity index (χ1) is 16.3. The van der Waals surface area contributed by atoms with Crippen LogP contribution in [0.1, 0.15) is 28.9 Å². The highest BCUT2D eigenvalue weighted by Gasteiger charge is 2.19. The number of methoxy groups -OCH3 is 2. The summed E-state index contributed by atoms with van der Waals surface area (Å²) in [7, 11) is 2.87. The third-order valence-electron chi connectivity index (χ3n) is 4.82. The predicted molar refractivity (Wildman–Crippen MR) is 120 cm³/mol. The summed E-state index contributed by atoms with van der Waals surface area (Å²) in [5, 5.41) is 2.69. The lowest BCUT2D eigenvalue weighted by Crippen LogP contribution is -2.20. The van der Waals surface area contributed by atoms with E-state index in [-0.39, 0.29) is 29.2 Å². The second kappa shape index (κ2) is 11.1. The molecule has 178 valence electrons. The summed E-state index contributed by atoms with van der Waals surface area (Å²) in [6, 6.07) is 14.2. The van der Waals surface area contributed by atoms with Crippen LogP contribution in [0.3, 0.4) is 0 Å². The second-order valence-electron chi connectivity index (χ2n) is 7.12. The van der Waals surface area contributed by atoms with Gasteiger partial charge in [-0.15, -0.1) is 0 Å². The van der Waals surface area contributed by atoms with E-state index in [1.54, 1.807) is 24.3 Å². The molecule has 3 aromatic rings. The third-order valence-corrected chi connectivity index (χ3v) is 4.82. The molecule has 9 heteroatoms. The lowest BCUT2D eigenvalue weighted by Gasteiger charge is -2.16. The molecule has 0 heterocycles. The van der Waals surface area contributed by atoms with Gasteiger partial charge in [0.15, 0.2) is 18.1 Å². The summed E-state index contributed by atoms with van der Waals surface area (Å²) in [4.78, 5) is 24.8. The van der Waals surface area contributed by atoms with Crippen molar-refractivity contribution >= 4 is 17.6 Å². The largest absolute Gasteiger partial charge is 0.495 e.